The normalized spacial score (nSPS) is 11.0. The highest BCUT2D eigenvalue weighted by atomic mass is 14.1. The van der Waals surface area contributed by atoms with Crippen molar-refractivity contribution in [2.45, 2.75) is 33.1 Å². The second kappa shape index (κ2) is 7.80. The molecule has 0 aromatic heterocycles. The van der Waals surface area contributed by atoms with Gasteiger partial charge in [-0.15, -0.1) is 0 Å². The van der Waals surface area contributed by atoms with Crippen molar-refractivity contribution in [1.29, 1.82) is 0 Å². The van der Waals surface area contributed by atoms with Gasteiger partial charge < -0.3 is 0 Å². The van der Waals surface area contributed by atoms with E-state index in [4.69, 9.17) is 0 Å². The molecular weight excluding hydrogens is 324 g/mol. The minimum absolute atomic E-state index is 1.18. The lowest BCUT2D eigenvalue weighted by molar-refractivity contribution is 0.796. The van der Waals surface area contributed by atoms with Crippen molar-refractivity contribution in [1.82, 2.24) is 0 Å². The van der Waals surface area contributed by atoms with Crippen LogP contribution in [-0.4, -0.2) is 0 Å². The number of aryl methyl sites for hydroxylation is 2. The molecule has 0 radical (unpaired) electrons. The third kappa shape index (κ3) is 3.95. The number of unbranched alkanes of at least 4 members (excludes halogenated alkanes) is 1. The Bertz CT molecular complexity index is 1040. The first-order valence-electron chi connectivity index (χ1n) is 9.93. The lowest BCUT2D eigenvalue weighted by Gasteiger charge is -2.08. The van der Waals surface area contributed by atoms with Crippen LogP contribution >= 0.6 is 0 Å². The zero-order chi connectivity index (χ0) is 18.6. The topological polar surface area (TPSA) is 0 Å². The summed E-state index contributed by atoms with van der Waals surface area (Å²) in [5.41, 5.74) is 7.82. The lowest BCUT2D eigenvalue weighted by atomic mass is 9.97. The van der Waals surface area contributed by atoms with Crippen molar-refractivity contribution in [2.75, 3.05) is 0 Å². The van der Waals surface area contributed by atoms with Crippen LogP contribution in [0.15, 0.2) is 84.9 Å². The van der Waals surface area contributed by atoms with Crippen molar-refractivity contribution in [3.63, 3.8) is 0 Å². The van der Waals surface area contributed by atoms with Crippen molar-refractivity contribution < 1.29 is 0 Å². The lowest BCUT2D eigenvalue weighted by Crippen LogP contribution is -1.86. The molecule has 0 saturated heterocycles. The van der Waals surface area contributed by atoms with E-state index in [9.17, 15) is 0 Å². The molecule has 0 amide bonds. The molecule has 4 aromatic rings. The van der Waals surface area contributed by atoms with Gasteiger partial charge in [-0.05, 0) is 64.4 Å². The van der Waals surface area contributed by atoms with E-state index >= 15 is 0 Å². The predicted octanol–water partition coefficient (Wildman–Crippen LogP) is 7.82. The molecule has 0 fully saturated rings. The Hall–Kier alpha value is -2.86. The Morgan fingerprint density at radius 2 is 1.07 bits per heavy atom. The molecule has 0 spiro atoms. The number of hydrogen-bond donors (Lipinski definition) is 0. The number of benzene rings is 4. The molecule has 27 heavy (non-hydrogen) atoms. The monoisotopic (exact) mass is 350 g/mol. The van der Waals surface area contributed by atoms with Gasteiger partial charge in [0.05, 0.1) is 0 Å². The highest BCUT2D eigenvalue weighted by molar-refractivity contribution is 5.88. The molecule has 0 unspecified atom stereocenters. The van der Waals surface area contributed by atoms with Gasteiger partial charge in [0, 0.05) is 0 Å². The summed E-state index contributed by atoms with van der Waals surface area (Å²) in [6, 6.07) is 31.3. The van der Waals surface area contributed by atoms with Gasteiger partial charge in [-0.3, -0.25) is 0 Å². The Morgan fingerprint density at radius 1 is 0.556 bits per heavy atom. The van der Waals surface area contributed by atoms with Gasteiger partial charge in [0.25, 0.3) is 0 Å². The molecule has 0 aliphatic carbocycles. The second-order valence-electron chi connectivity index (χ2n) is 7.44. The van der Waals surface area contributed by atoms with Crippen LogP contribution in [0.5, 0.6) is 0 Å². The average molecular weight is 351 g/mol. The molecule has 0 heterocycles. The van der Waals surface area contributed by atoms with Crippen LogP contribution in [0.4, 0.5) is 0 Å². The van der Waals surface area contributed by atoms with Gasteiger partial charge in [0.15, 0.2) is 0 Å². The predicted molar refractivity (Wildman–Crippen MR) is 118 cm³/mol. The van der Waals surface area contributed by atoms with Crippen molar-refractivity contribution in [3.8, 4) is 22.3 Å². The standard InChI is InChI=1S/C27H26/c1-3-4-5-21-8-11-27-19-26(17-16-25(27)18-21)24-14-12-23(13-15-24)22-9-6-20(2)7-10-22/h6-19H,3-5H2,1-2H3. The Morgan fingerprint density at radius 3 is 1.74 bits per heavy atom. The molecule has 0 N–H and O–H groups in total. The maximum atomic E-state index is 2.34. The van der Waals surface area contributed by atoms with Crippen molar-refractivity contribution in [3.05, 3.63) is 96.1 Å². The molecule has 0 atom stereocenters. The summed E-state index contributed by atoms with van der Waals surface area (Å²) >= 11 is 0. The van der Waals surface area contributed by atoms with E-state index in [0.29, 0.717) is 0 Å². The fourth-order valence-corrected chi connectivity index (χ4v) is 3.61. The molecule has 4 rings (SSSR count). The minimum atomic E-state index is 1.18. The first kappa shape index (κ1) is 17.5. The van der Waals surface area contributed by atoms with E-state index in [1.807, 2.05) is 0 Å². The largest absolute Gasteiger partial charge is 0.0654 e. The van der Waals surface area contributed by atoms with Crippen LogP contribution in [0.1, 0.15) is 30.9 Å². The first-order chi connectivity index (χ1) is 13.2. The molecule has 0 nitrogen and oxygen atoms in total. The van der Waals surface area contributed by atoms with Crippen LogP contribution in [0, 0.1) is 6.92 Å². The summed E-state index contributed by atoms with van der Waals surface area (Å²) in [6.07, 6.45) is 3.68. The van der Waals surface area contributed by atoms with Gasteiger partial charge in [0.1, 0.15) is 0 Å². The second-order valence-corrected chi connectivity index (χ2v) is 7.44. The Balaban J connectivity index is 1.60. The van der Waals surface area contributed by atoms with Crippen LogP contribution in [0.2, 0.25) is 0 Å². The minimum Gasteiger partial charge on any atom is -0.0654 e. The maximum absolute atomic E-state index is 2.34. The van der Waals surface area contributed by atoms with Gasteiger partial charge in [-0.2, -0.15) is 0 Å². The molecule has 0 aliphatic rings. The molecule has 0 bridgehead atoms. The summed E-state index contributed by atoms with van der Waals surface area (Å²) in [6.45, 7) is 4.37. The van der Waals surface area contributed by atoms with Gasteiger partial charge >= 0.3 is 0 Å². The van der Waals surface area contributed by atoms with E-state index in [2.05, 4.69) is 98.8 Å². The van der Waals surface area contributed by atoms with Gasteiger partial charge in [0.2, 0.25) is 0 Å². The van der Waals surface area contributed by atoms with Gasteiger partial charge in [-0.25, -0.2) is 0 Å². The molecular formula is C27H26. The summed E-state index contributed by atoms with van der Waals surface area (Å²) in [7, 11) is 0. The van der Waals surface area contributed by atoms with Crippen LogP contribution < -0.4 is 0 Å². The molecule has 134 valence electrons. The SMILES string of the molecule is CCCCc1ccc2cc(-c3ccc(-c4ccc(C)cc4)cc3)ccc2c1. The van der Waals surface area contributed by atoms with E-state index in [-0.39, 0.29) is 0 Å². The molecule has 4 aromatic carbocycles. The Kier molecular flexibility index (Phi) is 5.07. The smallest absolute Gasteiger partial charge is 0.0178 e. The van der Waals surface area contributed by atoms with E-state index < -0.39 is 0 Å². The van der Waals surface area contributed by atoms with E-state index in [1.54, 1.807) is 0 Å². The molecule has 0 aliphatic heterocycles. The number of hydrogen-bond acceptors (Lipinski definition) is 0. The third-order valence-electron chi connectivity index (χ3n) is 5.33. The highest BCUT2D eigenvalue weighted by Gasteiger charge is 2.03. The zero-order valence-electron chi connectivity index (χ0n) is 16.2. The Labute approximate surface area is 162 Å². The van der Waals surface area contributed by atoms with Crippen molar-refractivity contribution >= 4 is 10.8 Å². The van der Waals surface area contributed by atoms with E-state index in [0.717, 1.165) is 0 Å². The fraction of sp³-hybridized carbons (Fsp3) is 0.185. The van der Waals surface area contributed by atoms with Crippen molar-refractivity contribution in [2.24, 2.45) is 0 Å². The first-order valence-corrected chi connectivity index (χ1v) is 9.93. The highest BCUT2D eigenvalue weighted by Crippen LogP contribution is 2.28. The van der Waals surface area contributed by atoms with E-state index in [1.165, 1.54) is 63.4 Å². The average Bonchev–Trinajstić information content (AvgIpc) is 2.72. The third-order valence-corrected chi connectivity index (χ3v) is 5.33. The molecule has 0 heteroatoms. The quantitative estimate of drug-likeness (QED) is 0.344. The molecule has 0 saturated carbocycles. The van der Waals surface area contributed by atoms with Gasteiger partial charge in [-0.1, -0.05) is 97.8 Å². The fourth-order valence-electron chi connectivity index (χ4n) is 3.61. The summed E-state index contributed by atoms with van der Waals surface area (Å²) < 4.78 is 0. The summed E-state index contributed by atoms with van der Waals surface area (Å²) in [5, 5.41) is 2.65. The van der Waals surface area contributed by atoms with Crippen LogP contribution in [0.3, 0.4) is 0 Å². The zero-order valence-corrected chi connectivity index (χ0v) is 16.2. The number of rotatable bonds is 5. The summed E-state index contributed by atoms with van der Waals surface area (Å²) in [4.78, 5) is 0. The summed E-state index contributed by atoms with van der Waals surface area (Å²) in [5.74, 6) is 0. The van der Waals surface area contributed by atoms with Crippen LogP contribution in [-0.2, 0) is 6.42 Å². The number of fused-ring (bicyclic) bond motifs is 1. The van der Waals surface area contributed by atoms with Crippen LogP contribution in [0.25, 0.3) is 33.0 Å². The maximum Gasteiger partial charge on any atom is -0.0178 e.